The molecule has 144 valence electrons. The number of fused-ring (bicyclic) bond motifs is 3. The van der Waals surface area contributed by atoms with Crippen LogP contribution in [0.25, 0.3) is 0 Å². The number of aromatic hydroxyl groups is 1. The number of halogens is 1. The molecule has 0 amide bonds. The second-order valence-corrected chi connectivity index (χ2v) is 8.03. The van der Waals surface area contributed by atoms with Crippen LogP contribution in [0.2, 0.25) is 5.02 Å². The van der Waals surface area contributed by atoms with E-state index in [-0.39, 0.29) is 5.75 Å². The van der Waals surface area contributed by atoms with Gasteiger partial charge in [-0.2, -0.15) is 0 Å². The highest BCUT2D eigenvalue weighted by atomic mass is 35.5. The van der Waals surface area contributed by atoms with E-state index >= 15 is 0 Å². The zero-order valence-electron chi connectivity index (χ0n) is 15.8. The Labute approximate surface area is 175 Å². The van der Waals surface area contributed by atoms with Crippen molar-refractivity contribution in [1.29, 1.82) is 0 Å². The maximum Gasteiger partial charge on any atom is 0.134 e. The van der Waals surface area contributed by atoms with Crippen LogP contribution in [-0.4, -0.2) is 11.3 Å². The van der Waals surface area contributed by atoms with Gasteiger partial charge in [0.15, 0.2) is 0 Å². The number of aliphatic imine (C=N–C) groups is 1. The smallest absolute Gasteiger partial charge is 0.134 e. The van der Waals surface area contributed by atoms with Crippen LogP contribution >= 0.6 is 11.6 Å². The summed E-state index contributed by atoms with van der Waals surface area (Å²) >= 11 is 5.96. The van der Waals surface area contributed by atoms with E-state index in [2.05, 4.69) is 58.9 Å². The van der Waals surface area contributed by atoms with Crippen molar-refractivity contribution in [3.05, 3.63) is 101 Å². The van der Waals surface area contributed by atoms with Crippen LogP contribution in [0.3, 0.4) is 0 Å². The molecule has 2 aliphatic rings. The van der Waals surface area contributed by atoms with Crippen LogP contribution in [0, 0.1) is 5.92 Å². The molecule has 0 radical (unpaired) electrons. The summed E-state index contributed by atoms with van der Waals surface area (Å²) in [7, 11) is 0. The van der Waals surface area contributed by atoms with Gasteiger partial charge in [-0.15, -0.1) is 0 Å². The summed E-state index contributed by atoms with van der Waals surface area (Å²) in [5.74, 6) is 1.10. The van der Waals surface area contributed by atoms with Crippen LogP contribution in [0.5, 0.6) is 5.75 Å². The van der Waals surface area contributed by atoms with E-state index in [9.17, 15) is 5.11 Å². The molecular formula is C25H21ClN2O. The minimum atomic E-state index is 0.0782. The lowest BCUT2D eigenvalue weighted by Gasteiger charge is -2.37. The van der Waals surface area contributed by atoms with Gasteiger partial charge < -0.3 is 10.4 Å². The number of nitrogens with one attached hydrogen (secondary N) is 1. The monoisotopic (exact) mass is 400 g/mol. The Balaban J connectivity index is 1.38. The van der Waals surface area contributed by atoms with Crippen LogP contribution < -0.4 is 5.32 Å². The van der Waals surface area contributed by atoms with Gasteiger partial charge in [-0.25, -0.2) is 0 Å². The second kappa shape index (κ2) is 7.41. The first-order valence-corrected chi connectivity index (χ1v) is 10.2. The minimum Gasteiger partial charge on any atom is -0.506 e. The molecule has 0 fully saturated rings. The zero-order valence-corrected chi connectivity index (χ0v) is 16.6. The third kappa shape index (κ3) is 3.43. The first kappa shape index (κ1) is 18.0. The summed E-state index contributed by atoms with van der Waals surface area (Å²) in [4.78, 5) is 4.54. The number of anilines is 1. The zero-order chi connectivity index (χ0) is 19.8. The van der Waals surface area contributed by atoms with Gasteiger partial charge in [-0.3, -0.25) is 4.99 Å². The summed E-state index contributed by atoms with van der Waals surface area (Å²) in [6, 6.07) is 22.4. The van der Waals surface area contributed by atoms with Gasteiger partial charge in [0, 0.05) is 17.8 Å². The van der Waals surface area contributed by atoms with Crippen molar-refractivity contribution in [1.82, 2.24) is 0 Å². The number of rotatable bonds is 3. The Morgan fingerprint density at radius 2 is 1.86 bits per heavy atom. The number of phenols is 1. The quantitative estimate of drug-likeness (QED) is 0.383. The second-order valence-electron chi connectivity index (χ2n) is 7.62. The Morgan fingerprint density at radius 3 is 2.69 bits per heavy atom. The number of benzene rings is 3. The number of para-hydroxylation sites is 1. The minimum absolute atomic E-state index is 0.0782. The summed E-state index contributed by atoms with van der Waals surface area (Å²) in [5, 5.41) is 13.6. The molecule has 29 heavy (non-hydrogen) atoms. The van der Waals surface area contributed by atoms with Gasteiger partial charge in [0.1, 0.15) is 5.75 Å². The predicted molar refractivity (Wildman–Crippen MR) is 120 cm³/mol. The van der Waals surface area contributed by atoms with Crippen LogP contribution in [0.4, 0.5) is 11.4 Å². The maximum atomic E-state index is 9.52. The summed E-state index contributed by atoms with van der Waals surface area (Å²) in [6.45, 7) is 0. The molecule has 0 unspecified atom stereocenters. The van der Waals surface area contributed by atoms with E-state index in [0.717, 1.165) is 17.7 Å². The van der Waals surface area contributed by atoms with Crippen molar-refractivity contribution >= 4 is 29.2 Å². The highest BCUT2D eigenvalue weighted by Crippen LogP contribution is 2.49. The highest BCUT2D eigenvalue weighted by molar-refractivity contribution is 6.32. The molecule has 1 heterocycles. The normalized spacial score (nSPS) is 22.3. The molecule has 3 nitrogen and oxygen atoms in total. The first-order valence-electron chi connectivity index (χ1n) is 9.84. The molecule has 4 heteroatoms. The van der Waals surface area contributed by atoms with Gasteiger partial charge in [0.2, 0.25) is 0 Å². The van der Waals surface area contributed by atoms with Crippen molar-refractivity contribution in [3.8, 4) is 5.75 Å². The Kier molecular flexibility index (Phi) is 4.61. The van der Waals surface area contributed by atoms with Crippen LogP contribution in [0.15, 0.2) is 83.9 Å². The first-order chi connectivity index (χ1) is 14.2. The van der Waals surface area contributed by atoms with Gasteiger partial charge >= 0.3 is 0 Å². The molecule has 5 rings (SSSR count). The number of allylic oxidation sites excluding steroid dienone is 2. The Morgan fingerprint density at radius 1 is 1.03 bits per heavy atom. The molecule has 3 aromatic carbocycles. The molecule has 3 aromatic rings. The lowest BCUT2D eigenvalue weighted by molar-refractivity contribution is 0.425. The van der Waals surface area contributed by atoms with Crippen molar-refractivity contribution in [2.75, 3.05) is 5.32 Å². The highest BCUT2D eigenvalue weighted by Gasteiger charge is 2.37. The summed E-state index contributed by atoms with van der Waals surface area (Å²) < 4.78 is 0. The summed E-state index contributed by atoms with van der Waals surface area (Å²) in [5.41, 5.74) is 5.65. The Bertz CT molecular complexity index is 1100. The molecule has 1 aliphatic heterocycles. The van der Waals surface area contributed by atoms with Gasteiger partial charge in [-0.1, -0.05) is 54.1 Å². The van der Waals surface area contributed by atoms with Gasteiger partial charge in [-0.05, 0) is 65.4 Å². The number of nitrogens with zero attached hydrogens (tertiary/aromatic N) is 1. The van der Waals surface area contributed by atoms with Crippen LogP contribution in [-0.2, 0) is 0 Å². The van der Waals surface area contributed by atoms with E-state index in [1.807, 2.05) is 12.1 Å². The number of hydrogen-bond acceptors (Lipinski definition) is 3. The summed E-state index contributed by atoms with van der Waals surface area (Å²) in [6.07, 6.45) is 7.52. The average molecular weight is 401 g/mol. The lowest BCUT2D eigenvalue weighted by atomic mass is 9.77. The van der Waals surface area contributed by atoms with Crippen LogP contribution in [0.1, 0.15) is 35.1 Å². The predicted octanol–water partition coefficient (Wildman–Crippen LogP) is 6.62. The van der Waals surface area contributed by atoms with E-state index in [1.54, 1.807) is 24.4 Å². The number of hydrogen-bond donors (Lipinski definition) is 2. The lowest BCUT2D eigenvalue weighted by Crippen LogP contribution is -2.28. The van der Waals surface area contributed by atoms with Crippen molar-refractivity contribution < 1.29 is 5.11 Å². The molecule has 2 N–H and O–H groups in total. The fourth-order valence-electron chi connectivity index (χ4n) is 4.39. The molecular weight excluding hydrogens is 380 g/mol. The SMILES string of the molecule is Oc1ccc(C=Nc2ccc([C@@H]3Nc4ccccc4[C@@H]4C=CC[C@@H]43)cc2)cc1Cl. The fraction of sp³-hybridized carbons (Fsp3) is 0.160. The molecule has 0 spiro atoms. The average Bonchev–Trinajstić information content (AvgIpc) is 3.25. The standard InChI is InChI=1S/C25H21ClN2O/c26-22-14-16(8-13-24(22)29)15-27-18-11-9-17(10-12-18)25-21-6-3-5-19(21)20-4-1-2-7-23(20)28-25/h1-5,7-15,19,21,25,28-29H,6H2/t19-,21-,25-/m0/s1. The van der Waals surface area contributed by atoms with E-state index in [4.69, 9.17) is 11.6 Å². The number of phenolic OH excluding ortho intramolecular Hbond substituents is 1. The topological polar surface area (TPSA) is 44.6 Å². The molecule has 3 atom stereocenters. The van der Waals surface area contributed by atoms with Crippen molar-refractivity contribution in [2.45, 2.75) is 18.4 Å². The van der Waals surface area contributed by atoms with Gasteiger partial charge in [0.25, 0.3) is 0 Å². The maximum absolute atomic E-state index is 9.52. The largest absolute Gasteiger partial charge is 0.506 e. The molecule has 0 aromatic heterocycles. The molecule has 0 saturated heterocycles. The third-order valence-corrected chi connectivity index (χ3v) is 6.16. The third-order valence-electron chi connectivity index (χ3n) is 5.86. The Hall–Kier alpha value is -3.04. The van der Waals surface area contributed by atoms with Crippen molar-refractivity contribution in [2.24, 2.45) is 10.9 Å². The van der Waals surface area contributed by atoms with E-state index < -0.39 is 0 Å². The molecule has 0 saturated carbocycles. The van der Waals surface area contributed by atoms with E-state index in [0.29, 0.717) is 22.9 Å². The van der Waals surface area contributed by atoms with Crippen molar-refractivity contribution in [3.63, 3.8) is 0 Å². The van der Waals surface area contributed by atoms with E-state index in [1.165, 1.54) is 16.8 Å². The molecule has 1 aliphatic carbocycles. The fourth-order valence-corrected chi connectivity index (χ4v) is 4.58. The van der Waals surface area contributed by atoms with Gasteiger partial charge in [0.05, 0.1) is 16.8 Å². The molecule has 0 bridgehead atoms.